The van der Waals surface area contributed by atoms with Gasteiger partial charge in [-0.15, -0.1) is 0 Å². The molecule has 1 fully saturated rings. The Balaban J connectivity index is 0.000000291. The van der Waals surface area contributed by atoms with E-state index in [1.807, 2.05) is 13.8 Å². The zero-order chi connectivity index (χ0) is 7.11. The summed E-state index contributed by atoms with van der Waals surface area (Å²) in [6, 6.07) is 0. The number of nitrogens with two attached hydrogens (primary N) is 1. The fraction of sp³-hybridized carbons (Fsp3) is 1.00. The second kappa shape index (κ2) is 6.09. The van der Waals surface area contributed by atoms with Crippen molar-refractivity contribution < 1.29 is 0 Å². The number of rotatable bonds is 1. The molecule has 0 atom stereocenters. The van der Waals surface area contributed by atoms with Gasteiger partial charge in [-0.1, -0.05) is 26.7 Å². The van der Waals surface area contributed by atoms with Crippen LogP contribution in [0.4, 0.5) is 0 Å². The molecule has 0 heterocycles. The lowest BCUT2D eigenvalue weighted by Gasteiger charge is -1.99. The highest BCUT2D eigenvalue weighted by Gasteiger charge is 2.11. The van der Waals surface area contributed by atoms with E-state index in [9.17, 15) is 0 Å². The second-order valence-corrected chi connectivity index (χ2v) is 2.39. The third-order valence-corrected chi connectivity index (χ3v) is 1.81. The molecule has 1 aliphatic carbocycles. The molecule has 0 amide bonds. The van der Waals surface area contributed by atoms with E-state index in [4.69, 9.17) is 5.73 Å². The molecular weight excluding hydrogens is 110 g/mol. The largest absolute Gasteiger partial charge is 0.330 e. The van der Waals surface area contributed by atoms with Gasteiger partial charge in [0.15, 0.2) is 0 Å². The average Bonchev–Trinajstić information content (AvgIpc) is 2.43. The molecule has 0 aromatic heterocycles. The van der Waals surface area contributed by atoms with Gasteiger partial charge in [0.05, 0.1) is 0 Å². The zero-order valence-corrected chi connectivity index (χ0v) is 6.69. The summed E-state index contributed by atoms with van der Waals surface area (Å²) in [5, 5.41) is 0. The Morgan fingerprint density at radius 3 is 1.89 bits per heavy atom. The molecule has 0 radical (unpaired) electrons. The van der Waals surface area contributed by atoms with Crippen molar-refractivity contribution in [3.05, 3.63) is 0 Å². The number of hydrogen-bond donors (Lipinski definition) is 1. The Labute approximate surface area is 58.6 Å². The Kier molecular flexibility index (Phi) is 6.06. The van der Waals surface area contributed by atoms with E-state index in [2.05, 4.69) is 0 Å². The molecule has 0 aromatic rings. The van der Waals surface area contributed by atoms with E-state index in [1.54, 1.807) is 0 Å². The van der Waals surface area contributed by atoms with Crippen molar-refractivity contribution in [3.63, 3.8) is 0 Å². The van der Waals surface area contributed by atoms with E-state index < -0.39 is 0 Å². The standard InChI is InChI=1S/C6H13N.C2H6/c7-5-6-3-1-2-4-6;1-2/h6H,1-5,7H2;1-2H3. The first-order chi connectivity index (χ1) is 4.43. The average molecular weight is 129 g/mol. The smallest absolute Gasteiger partial charge is 0.00489 e. The molecule has 1 saturated carbocycles. The minimum atomic E-state index is 0.875. The molecule has 0 spiro atoms. The molecule has 2 N–H and O–H groups in total. The first-order valence-corrected chi connectivity index (χ1v) is 4.13. The van der Waals surface area contributed by atoms with Crippen LogP contribution in [-0.2, 0) is 0 Å². The molecule has 9 heavy (non-hydrogen) atoms. The highest BCUT2D eigenvalue weighted by molar-refractivity contribution is 4.66. The molecule has 1 heteroatoms. The van der Waals surface area contributed by atoms with Gasteiger partial charge in [0.25, 0.3) is 0 Å². The predicted octanol–water partition coefficient (Wildman–Crippen LogP) is 2.16. The van der Waals surface area contributed by atoms with Gasteiger partial charge in [0, 0.05) is 0 Å². The van der Waals surface area contributed by atoms with Crippen molar-refractivity contribution in [2.75, 3.05) is 6.54 Å². The van der Waals surface area contributed by atoms with Crippen molar-refractivity contribution in [2.45, 2.75) is 39.5 Å². The van der Waals surface area contributed by atoms with Gasteiger partial charge >= 0.3 is 0 Å². The molecule has 0 aliphatic heterocycles. The van der Waals surface area contributed by atoms with E-state index in [0.29, 0.717) is 0 Å². The van der Waals surface area contributed by atoms with E-state index >= 15 is 0 Å². The highest BCUT2D eigenvalue weighted by atomic mass is 14.5. The zero-order valence-electron chi connectivity index (χ0n) is 6.69. The molecule has 0 aromatic carbocycles. The Morgan fingerprint density at radius 1 is 1.22 bits per heavy atom. The maximum atomic E-state index is 5.43. The summed E-state index contributed by atoms with van der Waals surface area (Å²) in [6.45, 7) is 4.92. The summed E-state index contributed by atoms with van der Waals surface area (Å²) in [7, 11) is 0. The molecular formula is C8H19N. The van der Waals surface area contributed by atoms with E-state index in [-0.39, 0.29) is 0 Å². The highest BCUT2D eigenvalue weighted by Crippen LogP contribution is 2.22. The van der Waals surface area contributed by atoms with Crippen LogP contribution in [-0.4, -0.2) is 6.54 Å². The molecule has 0 bridgehead atoms. The lowest BCUT2D eigenvalue weighted by atomic mass is 10.1. The lowest BCUT2D eigenvalue weighted by Crippen LogP contribution is -2.09. The van der Waals surface area contributed by atoms with Crippen LogP contribution in [0, 0.1) is 5.92 Å². The van der Waals surface area contributed by atoms with Crippen molar-refractivity contribution in [3.8, 4) is 0 Å². The van der Waals surface area contributed by atoms with Gasteiger partial charge in [-0.3, -0.25) is 0 Å². The fourth-order valence-electron chi connectivity index (χ4n) is 1.25. The first-order valence-electron chi connectivity index (χ1n) is 4.13. The predicted molar refractivity (Wildman–Crippen MR) is 42.4 cm³/mol. The summed E-state index contributed by atoms with van der Waals surface area (Å²) in [4.78, 5) is 0. The van der Waals surface area contributed by atoms with Crippen LogP contribution in [0.15, 0.2) is 0 Å². The number of hydrogen-bond acceptors (Lipinski definition) is 1. The topological polar surface area (TPSA) is 26.0 Å². The fourth-order valence-corrected chi connectivity index (χ4v) is 1.25. The summed E-state index contributed by atoms with van der Waals surface area (Å²) < 4.78 is 0. The Bertz CT molecular complexity index is 46.5. The van der Waals surface area contributed by atoms with Crippen LogP contribution in [0.5, 0.6) is 0 Å². The molecule has 0 saturated heterocycles. The van der Waals surface area contributed by atoms with Gasteiger partial charge in [-0.25, -0.2) is 0 Å². The third kappa shape index (κ3) is 3.52. The van der Waals surface area contributed by atoms with Crippen molar-refractivity contribution in [1.82, 2.24) is 0 Å². The van der Waals surface area contributed by atoms with Crippen LogP contribution < -0.4 is 5.73 Å². The first kappa shape index (κ1) is 8.96. The molecule has 0 unspecified atom stereocenters. The van der Waals surface area contributed by atoms with Crippen molar-refractivity contribution >= 4 is 0 Å². The van der Waals surface area contributed by atoms with Crippen LogP contribution >= 0.6 is 0 Å². The normalized spacial score (nSPS) is 19.0. The third-order valence-electron chi connectivity index (χ3n) is 1.81. The second-order valence-electron chi connectivity index (χ2n) is 2.39. The molecule has 1 aliphatic rings. The summed E-state index contributed by atoms with van der Waals surface area (Å²) in [5.41, 5.74) is 5.43. The minimum absolute atomic E-state index is 0.875. The monoisotopic (exact) mass is 129 g/mol. The van der Waals surface area contributed by atoms with Crippen molar-refractivity contribution in [1.29, 1.82) is 0 Å². The maximum Gasteiger partial charge on any atom is -0.00489 e. The lowest BCUT2D eigenvalue weighted by molar-refractivity contribution is 0.562. The van der Waals surface area contributed by atoms with Gasteiger partial charge in [0.1, 0.15) is 0 Å². The van der Waals surface area contributed by atoms with Crippen LogP contribution in [0.1, 0.15) is 39.5 Å². The van der Waals surface area contributed by atoms with Crippen molar-refractivity contribution in [2.24, 2.45) is 11.7 Å². The van der Waals surface area contributed by atoms with Crippen LogP contribution in [0.25, 0.3) is 0 Å². The SMILES string of the molecule is CC.NCC1CCCC1. The molecule has 56 valence electrons. The minimum Gasteiger partial charge on any atom is -0.330 e. The van der Waals surface area contributed by atoms with Gasteiger partial charge in [-0.2, -0.15) is 0 Å². The molecule has 1 nitrogen and oxygen atoms in total. The van der Waals surface area contributed by atoms with Gasteiger partial charge < -0.3 is 5.73 Å². The van der Waals surface area contributed by atoms with Crippen LogP contribution in [0.3, 0.4) is 0 Å². The quantitative estimate of drug-likeness (QED) is 0.577. The Hall–Kier alpha value is -0.0400. The van der Waals surface area contributed by atoms with Gasteiger partial charge in [0.2, 0.25) is 0 Å². The maximum absolute atomic E-state index is 5.43. The van der Waals surface area contributed by atoms with Gasteiger partial charge in [-0.05, 0) is 25.3 Å². The van der Waals surface area contributed by atoms with Crippen LogP contribution in [0.2, 0.25) is 0 Å². The summed E-state index contributed by atoms with van der Waals surface area (Å²) in [6.07, 6.45) is 5.61. The van der Waals surface area contributed by atoms with E-state index in [0.717, 1.165) is 12.5 Å². The molecule has 1 rings (SSSR count). The summed E-state index contributed by atoms with van der Waals surface area (Å²) in [5.74, 6) is 0.875. The summed E-state index contributed by atoms with van der Waals surface area (Å²) >= 11 is 0. The van der Waals surface area contributed by atoms with E-state index in [1.165, 1.54) is 25.7 Å². The Morgan fingerprint density at radius 2 is 1.67 bits per heavy atom.